The highest BCUT2D eigenvalue weighted by Crippen LogP contribution is 2.24. The lowest BCUT2D eigenvalue weighted by Crippen LogP contribution is -2.50. The molecular weight excluding hydrogens is 342 g/mol. The molecule has 0 atom stereocenters. The summed E-state index contributed by atoms with van der Waals surface area (Å²) in [5.74, 6) is 0.536. The van der Waals surface area contributed by atoms with E-state index in [1.54, 1.807) is 0 Å². The number of nitrogens with one attached hydrogen (secondary N) is 2. The summed E-state index contributed by atoms with van der Waals surface area (Å²) in [4.78, 5) is 14.6. The molecule has 0 spiro atoms. The predicted octanol–water partition coefficient (Wildman–Crippen LogP) is 3.26. The minimum atomic E-state index is 0.252. The quantitative estimate of drug-likeness (QED) is 0.778. The van der Waals surface area contributed by atoms with Crippen LogP contribution in [0.5, 0.6) is 0 Å². The first-order valence-corrected chi connectivity index (χ1v) is 10.5. The van der Waals surface area contributed by atoms with Crippen molar-refractivity contribution in [1.82, 2.24) is 15.5 Å². The Kier molecular flexibility index (Phi) is 7.30. The van der Waals surface area contributed by atoms with Crippen LogP contribution in [0.1, 0.15) is 50.5 Å². The number of hydrogen-bond donors (Lipinski definition) is 2. The lowest BCUT2D eigenvalue weighted by molar-refractivity contribution is -0.126. The highest BCUT2D eigenvalue weighted by molar-refractivity contribution is 7.80. The number of nitrogens with zero attached hydrogens (tertiary/aromatic N) is 1. The molecule has 1 amide bonds. The summed E-state index contributed by atoms with van der Waals surface area (Å²) in [6, 6.07) is 10.8. The summed E-state index contributed by atoms with van der Waals surface area (Å²) in [7, 11) is 0. The first-order chi connectivity index (χ1) is 12.7. The van der Waals surface area contributed by atoms with Crippen molar-refractivity contribution in [3.63, 3.8) is 0 Å². The first-order valence-electron chi connectivity index (χ1n) is 10.1. The predicted molar refractivity (Wildman–Crippen MR) is 110 cm³/mol. The third-order valence-electron chi connectivity index (χ3n) is 5.64. The van der Waals surface area contributed by atoms with Crippen LogP contribution in [-0.2, 0) is 11.2 Å². The number of carbonyl (C=O) groups excluding carboxylic acids is 1. The van der Waals surface area contributed by atoms with E-state index in [1.807, 2.05) is 6.07 Å². The summed E-state index contributed by atoms with van der Waals surface area (Å²) in [5.41, 5.74) is 1.33. The molecule has 1 aliphatic heterocycles. The Balaban J connectivity index is 1.33. The number of benzene rings is 1. The van der Waals surface area contributed by atoms with Crippen LogP contribution in [0, 0.1) is 5.92 Å². The van der Waals surface area contributed by atoms with Crippen LogP contribution >= 0.6 is 12.2 Å². The summed E-state index contributed by atoms with van der Waals surface area (Å²) in [6.45, 7) is 2.71. The maximum Gasteiger partial charge on any atom is 0.223 e. The van der Waals surface area contributed by atoms with Crippen LogP contribution in [-0.4, -0.2) is 41.6 Å². The molecule has 0 aromatic heterocycles. The zero-order chi connectivity index (χ0) is 18.2. The molecule has 0 unspecified atom stereocenters. The van der Waals surface area contributed by atoms with Crippen molar-refractivity contribution >= 4 is 23.2 Å². The van der Waals surface area contributed by atoms with Crippen LogP contribution in [0.2, 0.25) is 0 Å². The lowest BCUT2D eigenvalue weighted by Gasteiger charge is -2.35. The Morgan fingerprint density at radius 2 is 1.73 bits per heavy atom. The van der Waals surface area contributed by atoms with Crippen LogP contribution in [0.25, 0.3) is 0 Å². The number of likely N-dealkylation sites (tertiary alicyclic amines) is 1. The van der Waals surface area contributed by atoms with E-state index in [0.29, 0.717) is 6.04 Å². The molecular formula is C21H31N3OS. The number of thiocarbonyl (C=S) groups is 1. The van der Waals surface area contributed by atoms with Gasteiger partial charge in [0, 0.05) is 31.6 Å². The fraction of sp³-hybridized carbons (Fsp3) is 0.619. The molecule has 1 heterocycles. The fourth-order valence-electron chi connectivity index (χ4n) is 3.98. The lowest BCUT2D eigenvalue weighted by atomic mass is 9.88. The Morgan fingerprint density at radius 1 is 1.04 bits per heavy atom. The second-order valence-corrected chi connectivity index (χ2v) is 7.96. The van der Waals surface area contributed by atoms with E-state index >= 15 is 0 Å². The van der Waals surface area contributed by atoms with Crippen molar-refractivity contribution in [2.75, 3.05) is 19.6 Å². The largest absolute Gasteiger partial charge is 0.362 e. The maximum absolute atomic E-state index is 12.4. The SMILES string of the molecule is O=C(NC1CCN(C(=S)NCCc2ccccc2)CC1)C1CCCCC1. The molecule has 2 aliphatic rings. The van der Waals surface area contributed by atoms with Gasteiger partial charge in [0.15, 0.2) is 5.11 Å². The van der Waals surface area contributed by atoms with E-state index in [4.69, 9.17) is 12.2 Å². The Morgan fingerprint density at radius 3 is 2.42 bits per heavy atom. The van der Waals surface area contributed by atoms with E-state index in [0.717, 1.165) is 56.9 Å². The van der Waals surface area contributed by atoms with Gasteiger partial charge in [0.25, 0.3) is 0 Å². The van der Waals surface area contributed by atoms with Crippen molar-refractivity contribution in [2.45, 2.75) is 57.4 Å². The third-order valence-corrected chi connectivity index (χ3v) is 6.04. The van der Waals surface area contributed by atoms with Crippen molar-refractivity contribution in [3.8, 4) is 0 Å². The molecule has 2 fully saturated rings. The number of piperidine rings is 1. The van der Waals surface area contributed by atoms with Gasteiger partial charge in [0.2, 0.25) is 5.91 Å². The zero-order valence-electron chi connectivity index (χ0n) is 15.6. The fourth-order valence-corrected chi connectivity index (χ4v) is 4.27. The van der Waals surface area contributed by atoms with E-state index in [2.05, 4.69) is 39.8 Å². The highest BCUT2D eigenvalue weighted by Gasteiger charge is 2.26. The van der Waals surface area contributed by atoms with Crippen molar-refractivity contribution in [2.24, 2.45) is 5.92 Å². The van der Waals surface area contributed by atoms with Gasteiger partial charge >= 0.3 is 0 Å². The van der Waals surface area contributed by atoms with Gasteiger partial charge < -0.3 is 15.5 Å². The molecule has 1 aromatic carbocycles. The van der Waals surface area contributed by atoms with Gasteiger partial charge in [-0.1, -0.05) is 49.6 Å². The minimum Gasteiger partial charge on any atom is -0.362 e. The van der Waals surface area contributed by atoms with Gasteiger partial charge in [0.05, 0.1) is 0 Å². The topological polar surface area (TPSA) is 44.4 Å². The molecule has 4 nitrogen and oxygen atoms in total. The molecule has 1 saturated heterocycles. The van der Waals surface area contributed by atoms with Crippen molar-refractivity contribution < 1.29 is 4.79 Å². The average Bonchev–Trinajstić information content (AvgIpc) is 2.70. The van der Waals surface area contributed by atoms with Crippen molar-refractivity contribution in [1.29, 1.82) is 0 Å². The summed E-state index contributed by atoms with van der Waals surface area (Å²) >= 11 is 5.55. The molecule has 3 rings (SSSR count). The first kappa shape index (κ1) is 19.2. The molecule has 2 N–H and O–H groups in total. The number of rotatable bonds is 5. The smallest absolute Gasteiger partial charge is 0.223 e. The third kappa shape index (κ3) is 5.70. The molecule has 1 aliphatic carbocycles. The monoisotopic (exact) mass is 373 g/mol. The van der Waals surface area contributed by atoms with E-state index in [-0.39, 0.29) is 11.8 Å². The summed E-state index contributed by atoms with van der Waals surface area (Å²) < 4.78 is 0. The zero-order valence-corrected chi connectivity index (χ0v) is 16.4. The second kappa shape index (κ2) is 9.91. The molecule has 0 bridgehead atoms. The highest BCUT2D eigenvalue weighted by atomic mass is 32.1. The van der Waals surface area contributed by atoms with Gasteiger partial charge in [0.1, 0.15) is 0 Å². The molecule has 142 valence electrons. The number of hydrogen-bond acceptors (Lipinski definition) is 2. The van der Waals surface area contributed by atoms with E-state index in [1.165, 1.54) is 24.8 Å². The van der Waals surface area contributed by atoms with Crippen LogP contribution in [0.4, 0.5) is 0 Å². The Labute approximate surface area is 162 Å². The maximum atomic E-state index is 12.4. The van der Waals surface area contributed by atoms with E-state index < -0.39 is 0 Å². The van der Waals surface area contributed by atoms with Crippen LogP contribution < -0.4 is 10.6 Å². The summed E-state index contributed by atoms with van der Waals surface area (Å²) in [5, 5.41) is 7.51. The molecule has 1 aromatic rings. The van der Waals surface area contributed by atoms with Gasteiger partial charge in [-0.15, -0.1) is 0 Å². The van der Waals surface area contributed by atoms with Crippen molar-refractivity contribution in [3.05, 3.63) is 35.9 Å². The molecule has 1 saturated carbocycles. The molecule has 26 heavy (non-hydrogen) atoms. The second-order valence-electron chi connectivity index (χ2n) is 7.57. The minimum absolute atomic E-state index is 0.252. The standard InChI is InChI=1S/C21H31N3OS/c25-20(18-9-5-2-6-10-18)23-19-12-15-24(16-13-19)21(26)22-14-11-17-7-3-1-4-8-17/h1,3-4,7-8,18-19H,2,5-6,9-16H2,(H,22,26)(H,23,25). The van der Waals surface area contributed by atoms with Crippen LogP contribution in [0.15, 0.2) is 30.3 Å². The average molecular weight is 374 g/mol. The van der Waals surface area contributed by atoms with E-state index in [9.17, 15) is 4.79 Å². The van der Waals surface area contributed by atoms with Gasteiger partial charge in [-0.2, -0.15) is 0 Å². The molecule has 5 heteroatoms. The Hall–Kier alpha value is -1.62. The number of carbonyl (C=O) groups is 1. The van der Waals surface area contributed by atoms with Gasteiger partial charge in [-0.25, -0.2) is 0 Å². The molecule has 0 radical (unpaired) electrons. The number of amides is 1. The summed E-state index contributed by atoms with van der Waals surface area (Å²) in [6.07, 6.45) is 8.79. The van der Waals surface area contributed by atoms with Gasteiger partial charge in [-0.3, -0.25) is 4.79 Å². The van der Waals surface area contributed by atoms with Gasteiger partial charge in [-0.05, 0) is 49.9 Å². The van der Waals surface area contributed by atoms with Crippen LogP contribution in [0.3, 0.4) is 0 Å². The normalized spacial score (nSPS) is 19.2. The Bertz CT molecular complexity index is 578.